The number of alkyl halides is 2. The predicted octanol–water partition coefficient (Wildman–Crippen LogP) is 3.92. The maximum Gasteiger partial charge on any atom is 0.272 e. The number of carbonyl (C=O) groups excluding carboxylic acids is 2. The van der Waals surface area contributed by atoms with Crippen molar-refractivity contribution in [2.24, 2.45) is 0 Å². The number of aryl methyl sites for hydroxylation is 1. The topological polar surface area (TPSA) is 93.2 Å². The molecule has 0 aliphatic rings. The van der Waals surface area contributed by atoms with Crippen molar-refractivity contribution in [1.82, 2.24) is 15.3 Å². The second-order valence-corrected chi connectivity index (χ2v) is 6.64. The number of carbonyl (C=O) groups is 2. The lowest BCUT2D eigenvalue weighted by atomic mass is 10.1. The van der Waals surface area contributed by atoms with Crippen LogP contribution in [-0.2, 0) is 4.79 Å². The van der Waals surface area contributed by atoms with Gasteiger partial charge >= 0.3 is 0 Å². The maximum atomic E-state index is 12.6. The number of pyridine rings is 2. The van der Waals surface area contributed by atoms with Crippen molar-refractivity contribution in [3.63, 3.8) is 0 Å². The third kappa shape index (κ3) is 6.63. The second kappa shape index (κ2) is 10.1. The average Bonchev–Trinajstić information content (AvgIpc) is 2.66. The predicted molar refractivity (Wildman–Crippen MR) is 105 cm³/mol. The number of halogens is 3. The lowest BCUT2D eigenvalue weighted by Crippen LogP contribution is -2.27. The minimum Gasteiger partial charge on any atom is -0.471 e. The fourth-order valence-corrected chi connectivity index (χ4v) is 2.61. The van der Waals surface area contributed by atoms with Crippen LogP contribution < -0.4 is 15.4 Å². The normalized spacial score (nSPS) is 11.8. The van der Waals surface area contributed by atoms with Gasteiger partial charge in [-0.15, -0.1) is 0 Å². The molecule has 7 nitrogen and oxygen atoms in total. The van der Waals surface area contributed by atoms with E-state index in [4.69, 9.17) is 16.3 Å². The van der Waals surface area contributed by atoms with Crippen LogP contribution in [0.15, 0.2) is 24.4 Å². The Hall–Kier alpha value is -2.81. The highest BCUT2D eigenvalue weighted by Gasteiger charge is 2.16. The molecule has 2 aromatic rings. The van der Waals surface area contributed by atoms with Crippen LogP contribution in [0.1, 0.15) is 47.9 Å². The third-order valence-electron chi connectivity index (χ3n) is 3.83. The van der Waals surface area contributed by atoms with Crippen molar-refractivity contribution in [2.45, 2.75) is 39.7 Å². The maximum absolute atomic E-state index is 12.6. The van der Waals surface area contributed by atoms with Gasteiger partial charge in [0.15, 0.2) is 6.61 Å². The van der Waals surface area contributed by atoms with Crippen molar-refractivity contribution >= 4 is 29.2 Å². The summed E-state index contributed by atoms with van der Waals surface area (Å²) in [5.41, 5.74) is 1.46. The molecule has 0 aliphatic carbocycles. The smallest absolute Gasteiger partial charge is 0.272 e. The van der Waals surface area contributed by atoms with Crippen LogP contribution in [-0.4, -0.2) is 34.8 Å². The van der Waals surface area contributed by atoms with E-state index >= 15 is 0 Å². The van der Waals surface area contributed by atoms with E-state index in [1.165, 1.54) is 18.3 Å². The first kappa shape index (κ1) is 22.5. The molecule has 0 saturated carbocycles. The number of nitrogens with zero attached hydrogens (tertiary/aromatic N) is 2. The lowest BCUT2D eigenvalue weighted by Gasteiger charge is -2.16. The summed E-state index contributed by atoms with van der Waals surface area (Å²) >= 11 is 6.02. The van der Waals surface area contributed by atoms with Gasteiger partial charge in [0.05, 0.1) is 6.04 Å². The molecule has 10 heteroatoms. The van der Waals surface area contributed by atoms with E-state index in [0.29, 0.717) is 29.1 Å². The highest BCUT2D eigenvalue weighted by Crippen LogP contribution is 2.26. The van der Waals surface area contributed by atoms with Gasteiger partial charge in [0, 0.05) is 23.9 Å². The molecule has 2 aromatic heterocycles. The van der Waals surface area contributed by atoms with E-state index in [1.807, 2.05) is 0 Å². The van der Waals surface area contributed by atoms with E-state index < -0.39 is 19.1 Å². The molecule has 2 rings (SSSR count). The van der Waals surface area contributed by atoms with Crippen LogP contribution >= 0.6 is 11.6 Å². The Labute approximate surface area is 171 Å². The number of hydrogen-bond donors (Lipinski definition) is 2. The van der Waals surface area contributed by atoms with Crippen LogP contribution in [0.25, 0.3) is 0 Å². The summed E-state index contributed by atoms with van der Waals surface area (Å²) in [4.78, 5) is 32.3. The molecule has 2 amide bonds. The quantitative estimate of drug-likeness (QED) is 0.667. The first-order valence-electron chi connectivity index (χ1n) is 8.85. The number of rotatable bonds is 8. The monoisotopic (exact) mass is 426 g/mol. The molecule has 0 radical (unpaired) electrons. The van der Waals surface area contributed by atoms with Gasteiger partial charge in [0.25, 0.3) is 12.3 Å². The first-order chi connectivity index (χ1) is 13.7. The standard InChI is InChI=1S/C19H21ClF2N4O3/c1-4-17(27)26-16-7-12(5-10(2)24-16)18(28)25-11(3)13-6-14(20)19(23-8-13)29-9-15(21)22/h5-8,11,15H,4,9H2,1-3H3,(H,25,28)(H,24,26,27). The van der Waals surface area contributed by atoms with E-state index in [0.717, 1.165) is 0 Å². The highest BCUT2D eigenvalue weighted by atomic mass is 35.5. The Bertz CT molecular complexity index is 896. The largest absolute Gasteiger partial charge is 0.471 e. The molecule has 29 heavy (non-hydrogen) atoms. The number of hydrogen-bond acceptors (Lipinski definition) is 5. The van der Waals surface area contributed by atoms with Crippen molar-refractivity contribution in [2.75, 3.05) is 11.9 Å². The molecule has 0 bridgehead atoms. The number of amides is 2. The van der Waals surface area contributed by atoms with Crippen LogP contribution in [0.4, 0.5) is 14.6 Å². The summed E-state index contributed by atoms with van der Waals surface area (Å²) in [6.45, 7) is 4.34. The van der Waals surface area contributed by atoms with Gasteiger partial charge in [-0.3, -0.25) is 9.59 Å². The molecule has 0 aliphatic heterocycles. The molecule has 0 aromatic carbocycles. The van der Waals surface area contributed by atoms with Crippen molar-refractivity contribution < 1.29 is 23.1 Å². The molecule has 2 heterocycles. The fraction of sp³-hybridized carbons (Fsp3) is 0.368. The average molecular weight is 427 g/mol. The van der Waals surface area contributed by atoms with Gasteiger partial charge < -0.3 is 15.4 Å². The van der Waals surface area contributed by atoms with E-state index in [1.54, 1.807) is 26.8 Å². The molecule has 1 unspecified atom stereocenters. The Kier molecular flexibility index (Phi) is 7.83. The van der Waals surface area contributed by atoms with Crippen LogP contribution in [0.3, 0.4) is 0 Å². The Morgan fingerprint density at radius 3 is 2.62 bits per heavy atom. The van der Waals surface area contributed by atoms with Gasteiger partial charge in [-0.2, -0.15) is 0 Å². The Morgan fingerprint density at radius 2 is 2.00 bits per heavy atom. The van der Waals surface area contributed by atoms with Crippen molar-refractivity contribution in [3.8, 4) is 5.88 Å². The summed E-state index contributed by atoms with van der Waals surface area (Å²) in [5, 5.41) is 5.48. The van der Waals surface area contributed by atoms with Crippen LogP contribution in [0.2, 0.25) is 5.02 Å². The number of nitrogens with one attached hydrogen (secondary N) is 2. The Balaban J connectivity index is 2.10. The zero-order valence-corrected chi connectivity index (χ0v) is 16.9. The van der Waals surface area contributed by atoms with Crippen LogP contribution in [0.5, 0.6) is 5.88 Å². The zero-order chi connectivity index (χ0) is 21.6. The number of aromatic nitrogens is 2. The molecule has 0 fully saturated rings. The SMILES string of the molecule is CCC(=O)Nc1cc(C(=O)NC(C)c2cnc(OCC(F)F)c(Cl)c2)cc(C)n1. The molecule has 2 N–H and O–H groups in total. The van der Waals surface area contributed by atoms with Crippen molar-refractivity contribution in [3.05, 3.63) is 46.2 Å². The van der Waals surface area contributed by atoms with Crippen LogP contribution in [0, 0.1) is 6.92 Å². The molecular formula is C19H21ClF2N4O3. The van der Waals surface area contributed by atoms with Crippen molar-refractivity contribution in [1.29, 1.82) is 0 Å². The number of ether oxygens (including phenoxy) is 1. The number of anilines is 1. The minimum absolute atomic E-state index is 0.0635. The molecule has 0 spiro atoms. The fourth-order valence-electron chi connectivity index (χ4n) is 2.38. The molecule has 0 saturated heterocycles. The Morgan fingerprint density at radius 1 is 1.28 bits per heavy atom. The molecule has 156 valence electrons. The van der Waals surface area contributed by atoms with Gasteiger partial charge in [-0.05, 0) is 37.6 Å². The lowest BCUT2D eigenvalue weighted by molar-refractivity contribution is -0.115. The third-order valence-corrected chi connectivity index (χ3v) is 4.10. The van der Waals surface area contributed by atoms with Gasteiger partial charge in [-0.1, -0.05) is 18.5 Å². The van der Waals surface area contributed by atoms with E-state index in [9.17, 15) is 18.4 Å². The van der Waals surface area contributed by atoms with E-state index in [2.05, 4.69) is 20.6 Å². The van der Waals surface area contributed by atoms with Gasteiger partial charge in [-0.25, -0.2) is 18.7 Å². The molecular weight excluding hydrogens is 406 g/mol. The summed E-state index contributed by atoms with van der Waals surface area (Å²) in [5.74, 6) is -0.406. The zero-order valence-electron chi connectivity index (χ0n) is 16.1. The van der Waals surface area contributed by atoms with Gasteiger partial charge in [0.1, 0.15) is 10.8 Å². The highest BCUT2D eigenvalue weighted by molar-refractivity contribution is 6.31. The van der Waals surface area contributed by atoms with Gasteiger partial charge in [0.2, 0.25) is 11.8 Å². The summed E-state index contributed by atoms with van der Waals surface area (Å²) in [6.07, 6.45) is -0.956. The molecule has 1 atom stereocenters. The minimum atomic E-state index is -2.64. The first-order valence-corrected chi connectivity index (χ1v) is 9.23. The summed E-state index contributed by atoms with van der Waals surface area (Å²) < 4.78 is 29.3. The summed E-state index contributed by atoms with van der Waals surface area (Å²) in [6, 6.07) is 4.09. The second-order valence-electron chi connectivity index (χ2n) is 6.24. The van der Waals surface area contributed by atoms with E-state index in [-0.39, 0.29) is 22.7 Å². The summed E-state index contributed by atoms with van der Waals surface area (Å²) in [7, 11) is 0.